The molecule has 2 amide bonds. The molecule has 1 aliphatic rings. The summed E-state index contributed by atoms with van der Waals surface area (Å²) in [4.78, 5) is 36.6. The van der Waals surface area contributed by atoms with E-state index in [1.54, 1.807) is 51.1 Å². The van der Waals surface area contributed by atoms with Gasteiger partial charge < -0.3 is 20.5 Å². The summed E-state index contributed by atoms with van der Waals surface area (Å²) in [5.41, 5.74) is -1.24. The number of benzene rings is 2. The molecule has 0 saturated heterocycles. The minimum Gasteiger partial charge on any atom is -0.478 e. The standard InChI is InChI=1S/C25H29FN2O5/c1-23(2,3)33-22(32)28-25(13-14-25)21(31)27-24(4,5)16-11-9-15(10-12-16)17-7-6-8-18(26)19(17)20(29)30/h6-12H,13-14H2,1-5H3,(H,27,31)(H,28,32)(H,29,30). The Balaban J connectivity index is 1.75. The van der Waals surface area contributed by atoms with Gasteiger partial charge in [0.15, 0.2) is 0 Å². The van der Waals surface area contributed by atoms with E-state index >= 15 is 0 Å². The minimum atomic E-state index is -1.34. The lowest BCUT2D eigenvalue weighted by Gasteiger charge is -2.30. The number of carboxylic acids is 1. The summed E-state index contributed by atoms with van der Waals surface area (Å²) in [6, 6.07) is 11.0. The lowest BCUT2D eigenvalue weighted by atomic mass is 9.91. The van der Waals surface area contributed by atoms with E-state index in [-0.39, 0.29) is 17.0 Å². The first-order chi connectivity index (χ1) is 15.2. The van der Waals surface area contributed by atoms with Gasteiger partial charge in [0.2, 0.25) is 5.91 Å². The third-order valence-electron chi connectivity index (χ3n) is 5.50. The first-order valence-corrected chi connectivity index (χ1v) is 10.7. The number of carbonyl (C=O) groups is 3. The van der Waals surface area contributed by atoms with E-state index in [0.717, 1.165) is 11.6 Å². The smallest absolute Gasteiger partial charge is 0.408 e. The average Bonchev–Trinajstić information content (AvgIpc) is 3.46. The van der Waals surface area contributed by atoms with E-state index in [1.807, 2.05) is 13.8 Å². The van der Waals surface area contributed by atoms with Crippen LogP contribution in [0.1, 0.15) is 63.4 Å². The summed E-state index contributed by atoms with van der Waals surface area (Å²) in [5, 5.41) is 15.0. The number of ether oxygens (including phenoxy) is 1. The normalized spacial score (nSPS) is 14.8. The van der Waals surface area contributed by atoms with Crippen LogP contribution >= 0.6 is 0 Å². The maximum absolute atomic E-state index is 14.0. The Morgan fingerprint density at radius 3 is 2.12 bits per heavy atom. The van der Waals surface area contributed by atoms with Gasteiger partial charge in [-0.2, -0.15) is 0 Å². The lowest BCUT2D eigenvalue weighted by molar-refractivity contribution is -0.126. The molecule has 3 rings (SSSR count). The zero-order valence-electron chi connectivity index (χ0n) is 19.4. The summed E-state index contributed by atoms with van der Waals surface area (Å²) in [5.74, 6) is -2.45. The third kappa shape index (κ3) is 5.50. The summed E-state index contributed by atoms with van der Waals surface area (Å²) in [6.45, 7) is 8.91. The second-order valence-electron chi connectivity index (χ2n) is 9.83. The number of rotatable bonds is 6. The van der Waals surface area contributed by atoms with Crippen LogP contribution in [0.4, 0.5) is 9.18 Å². The van der Waals surface area contributed by atoms with Crippen molar-refractivity contribution >= 4 is 18.0 Å². The summed E-state index contributed by atoms with van der Waals surface area (Å²) in [6.07, 6.45) is 0.400. The number of amides is 2. The fraction of sp³-hybridized carbons (Fsp3) is 0.400. The van der Waals surface area contributed by atoms with E-state index < -0.39 is 34.6 Å². The van der Waals surface area contributed by atoms with Crippen molar-refractivity contribution in [3.05, 3.63) is 59.4 Å². The number of halogens is 1. The molecule has 2 aromatic carbocycles. The summed E-state index contributed by atoms with van der Waals surface area (Å²) >= 11 is 0. The van der Waals surface area contributed by atoms with Gasteiger partial charge in [-0.1, -0.05) is 36.4 Å². The molecular weight excluding hydrogens is 427 g/mol. The zero-order chi connectivity index (χ0) is 24.6. The fourth-order valence-corrected chi connectivity index (χ4v) is 3.56. The largest absolute Gasteiger partial charge is 0.478 e. The molecule has 0 aromatic heterocycles. The predicted octanol–water partition coefficient (Wildman–Crippen LogP) is 4.60. The van der Waals surface area contributed by atoms with Crippen LogP contribution in [-0.4, -0.2) is 34.2 Å². The second-order valence-corrected chi connectivity index (χ2v) is 9.83. The van der Waals surface area contributed by atoms with Gasteiger partial charge in [0, 0.05) is 0 Å². The van der Waals surface area contributed by atoms with Gasteiger partial charge in [0.1, 0.15) is 22.5 Å². The fourth-order valence-electron chi connectivity index (χ4n) is 3.56. The molecule has 0 unspecified atom stereocenters. The molecule has 0 aliphatic heterocycles. The zero-order valence-corrected chi connectivity index (χ0v) is 19.4. The third-order valence-corrected chi connectivity index (χ3v) is 5.50. The van der Waals surface area contributed by atoms with Gasteiger partial charge in [-0.3, -0.25) is 4.79 Å². The molecule has 8 heteroatoms. The van der Waals surface area contributed by atoms with Crippen LogP contribution in [0.15, 0.2) is 42.5 Å². The molecule has 7 nitrogen and oxygen atoms in total. The summed E-state index contributed by atoms with van der Waals surface area (Å²) < 4.78 is 19.3. The highest BCUT2D eigenvalue weighted by Crippen LogP contribution is 2.37. The Hall–Kier alpha value is -3.42. The van der Waals surface area contributed by atoms with E-state index in [4.69, 9.17) is 4.74 Å². The number of alkyl carbamates (subject to hydrolysis) is 1. The Morgan fingerprint density at radius 1 is 1.00 bits per heavy atom. The molecule has 0 radical (unpaired) electrons. The lowest BCUT2D eigenvalue weighted by Crippen LogP contribution is -2.54. The van der Waals surface area contributed by atoms with Crippen molar-refractivity contribution in [2.45, 2.75) is 64.1 Å². The molecule has 1 aliphatic carbocycles. The van der Waals surface area contributed by atoms with E-state index in [0.29, 0.717) is 18.4 Å². The summed E-state index contributed by atoms with van der Waals surface area (Å²) in [7, 11) is 0. The number of hydrogen-bond acceptors (Lipinski definition) is 4. The maximum Gasteiger partial charge on any atom is 0.408 e. The van der Waals surface area contributed by atoms with Crippen LogP contribution in [0.5, 0.6) is 0 Å². The van der Waals surface area contributed by atoms with Crippen molar-refractivity contribution in [3.63, 3.8) is 0 Å². The molecular formula is C25H29FN2O5. The monoisotopic (exact) mass is 456 g/mol. The van der Waals surface area contributed by atoms with Gasteiger partial charge >= 0.3 is 12.1 Å². The Kier molecular flexibility index (Phi) is 6.24. The average molecular weight is 457 g/mol. The number of carboxylic acid groups (broad SMARTS) is 1. The topological polar surface area (TPSA) is 105 Å². The van der Waals surface area contributed by atoms with E-state index in [2.05, 4.69) is 10.6 Å². The number of carbonyl (C=O) groups excluding carboxylic acids is 2. The van der Waals surface area contributed by atoms with Crippen LogP contribution in [-0.2, 0) is 15.1 Å². The molecule has 176 valence electrons. The van der Waals surface area contributed by atoms with Crippen LogP contribution in [0.2, 0.25) is 0 Å². The Labute approximate surface area is 192 Å². The van der Waals surface area contributed by atoms with Gasteiger partial charge in [0.25, 0.3) is 0 Å². The van der Waals surface area contributed by atoms with Crippen molar-refractivity contribution in [3.8, 4) is 11.1 Å². The van der Waals surface area contributed by atoms with Crippen LogP contribution in [0.25, 0.3) is 11.1 Å². The van der Waals surface area contributed by atoms with Gasteiger partial charge in [-0.05, 0) is 70.2 Å². The number of hydrogen-bond donors (Lipinski definition) is 3. The number of nitrogens with one attached hydrogen (secondary N) is 2. The molecule has 0 atom stereocenters. The Bertz CT molecular complexity index is 1080. The Morgan fingerprint density at radius 2 is 1.61 bits per heavy atom. The number of aromatic carboxylic acids is 1. The van der Waals surface area contributed by atoms with Crippen molar-refractivity contribution in [2.24, 2.45) is 0 Å². The van der Waals surface area contributed by atoms with Crippen molar-refractivity contribution in [1.29, 1.82) is 0 Å². The molecule has 1 fully saturated rings. The quantitative estimate of drug-likeness (QED) is 0.589. The second kappa shape index (κ2) is 8.50. The molecule has 1 saturated carbocycles. The first-order valence-electron chi connectivity index (χ1n) is 10.7. The van der Waals surface area contributed by atoms with E-state index in [9.17, 15) is 23.9 Å². The van der Waals surface area contributed by atoms with Gasteiger partial charge in [-0.25, -0.2) is 14.0 Å². The highest BCUT2D eigenvalue weighted by atomic mass is 19.1. The molecule has 2 aromatic rings. The van der Waals surface area contributed by atoms with Crippen molar-refractivity contribution in [1.82, 2.24) is 10.6 Å². The van der Waals surface area contributed by atoms with Crippen LogP contribution in [0.3, 0.4) is 0 Å². The van der Waals surface area contributed by atoms with Crippen molar-refractivity contribution < 1.29 is 28.6 Å². The molecule has 0 spiro atoms. The van der Waals surface area contributed by atoms with Crippen molar-refractivity contribution in [2.75, 3.05) is 0 Å². The highest BCUT2D eigenvalue weighted by Gasteiger charge is 2.53. The van der Waals surface area contributed by atoms with Gasteiger partial charge in [-0.15, -0.1) is 0 Å². The molecule has 0 bridgehead atoms. The highest BCUT2D eigenvalue weighted by molar-refractivity contribution is 5.96. The van der Waals surface area contributed by atoms with Crippen LogP contribution < -0.4 is 10.6 Å². The minimum absolute atomic E-state index is 0.273. The van der Waals surface area contributed by atoms with Gasteiger partial charge in [0.05, 0.1) is 5.54 Å². The molecule has 3 N–H and O–H groups in total. The predicted molar refractivity (Wildman–Crippen MR) is 121 cm³/mol. The SMILES string of the molecule is CC(C)(C)OC(=O)NC1(C(=O)NC(C)(C)c2ccc(-c3cccc(F)c3C(=O)O)cc2)CC1. The first kappa shape index (κ1) is 24.2. The van der Waals surface area contributed by atoms with E-state index in [1.165, 1.54) is 6.07 Å². The van der Waals surface area contributed by atoms with Crippen LogP contribution in [0, 0.1) is 5.82 Å². The maximum atomic E-state index is 14.0. The molecule has 0 heterocycles. The molecule has 33 heavy (non-hydrogen) atoms.